The van der Waals surface area contributed by atoms with E-state index >= 15 is 0 Å². The van der Waals surface area contributed by atoms with Crippen molar-refractivity contribution >= 4 is 23.8 Å². The molecule has 1 aliphatic heterocycles. The number of carbonyl (C=O) groups is 2. The normalized spacial score (nSPS) is 12.0. The Morgan fingerprint density at radius 2 is 1.87 bits per heavy atom. The van der Waals surface area contributed by atoms with Gasteiger partial charge in [-0.3, -0.25) is 4.79 Å². The monoisotopic (exact) mass is 421 g/mol. The van der Waals surface area contributed by atoms with Crippen LogP contribution in [0.4, 0.5) is 5.69 Å². The van der Waals surface area contributed by atoms with Crippen molar-refractivity contribution in [3.63, 3.8) is 0 Å². The predicted molar refractivity (Wildman–Crippen MR) is 112 cm³/mol. The number of furan rings is 1. The minimum absolute atomic E-state index is 0.0347. The van der Waals surface area contributed by atoms with Crippen LogP contribution < -0.4 is 20.2 Å². The van der Waals surface area contributed by atoms with E-state index in [0.717, 1.165) is 11.3 Å². The molecule has 1 aromatic heterocycles. The quantitative estimate of drug-likeness (QED) is 0.343. The summed E-state index contributed by atoms with van der Waals surface area (Å²) in [5.41, 5.74) is 4.41. The average molecular weight is 421 g/mol. The zero-order valence-corrected chi connectivity index (χ0v) is 16.6. The zero-order valence-electron chi connectivity index (χ0n) is 16.6. The number of nitrogens with zero attached hydrogens (tertiary/aromatic N) is 1. The van der Waals surface area contributed by atoms with E-state index in [1.165, 1.54) is 13.3 Å². The van der Waals surface area contributed by atoms with Crippen LogP contribution >= 0.6 is 0 Å². The van der Waals surface area contributed by atoms with Crippen molar-refractivity contribution in [3.05, 3.63) is 65.9 Å². The first-order valence-electron chi connectivity index (χ1n) is 9.36. The number of hydrazone groups is 1. The Balaban J connectivity index is 1.28. The third-order valence-corrected chi connectivity index (χ3v) is 4.42. The lowest BCUT2D eigenvalue weighted by atomic mass is 10.1. The minimum Gasteiger partial charge on any atom is -0.465 e. The number of fused-ring (bicyclic) bond motifs is 1. The molecular formula is C22H19N3O6. The van der Waals surface area contributed by atoms with E-state index in [0.29, 0.717) is 28.6 Å². The molecule has 0 unspecified atom stereocenters. The Labute approximate surface area is 177 Å². The number of benzene rings is 2. The maximum Gasteiger partial charge on any atom is 0.337 e. The molecule has 9 nitrogen and oxygen atoms in total. The number of esters is 1. The summed E-state index contributed by atoms with van der Waals surface area (Å²) in [5, 5.41) is 6.89. The number of anilines is 1. The number of hydrogen-bond donors (Lipinski definition) is 2. The molecule has 0 fully saturated rings. The van der Waals surface area contributed by atoms with Crippen molar-refractivity contribution < 1.29 is 28.2 Å². The lowest BCUT2D eigenvalue weighted by Crippen LogP contribution is -2.25. The first-order valence-corrected chi connectivity index (χ1v) is 9.36. The molecule has 0 aliphatic carbocycles. The van der Waals surface area contributed by atoms with Crippen molar-refractivity contribution in [2.75, 3.05) is 25.8 Å². The van der Waals surface area contributed by atoms with Gasteiger partial charge in [0.15, 0.2) is 11.5 Å². The highest BCUT2D eigenvalue weighted by molar-refractivity contribution is 5.90. The number of hydrogen-bond acceptors (Lipinski definition) is 8. The second kappa shape index (κ2) is 9.04. The Morgan fingerprint density at radius 3 is 2.68 bits per heavy atom. The second-order valence-electron chi connectivity index (χ2n) is 6.49. The van der Waals surface area contributed by atoms with Gasteiger partial charge >= 0.3 is 5.97 Å². The van der Waals surface area contributed by atoms with Gasteiger partial charge < -0.3 is 23.9 Å². The van der Waals surface area contributed by atoms with Crippen molar-refractivity contribution in [3.8, 4) is 22.8 Å². The van der Waals surface area contributed by atoms with E-state index in [1.807, 2.05) is 0 Å². The predicted octanol–water partition coefficient (Wildman–Crippen LogP) is 3.02. The van der Waals surface area contributed by atoms with Crippen molar-refractivity contribution in [1.29, 1.82) is 0 Å². The number of amides is 1. The lowest BCUT2D eigenvalue weighted by molar-refractivity contribution is -0.119. The molecule has 0 saturated carbocycles. The molecule has 1 aliphatic rings. The van der Waals surface area contributed by atoms with Crippen molar-refractivity contribution in [2.24, 2.45) is 5.10 Å². The molecule has 2 aromatic carbocycles. The third-order valence-electron chi connectivity index (χ3n) is 4.42. The molecule has 0 bridgehead atoms. The van der Waals surface area contributed by atoms with E-state index < -0.39 is 5.97 Å². The van der Waals surface area contributed by atoms with Crippen LogP contribution in [0.5, 0.6) is 11.5 Å². The van der Waals surface area contributed by atoms with Gasteiger partial charge in [0.2, 0.25) is 6.79 Å². The van der Waals surface area contributed by atoms with Crippen LogP contribution in [0.3, 0.4) is 0 Å². The van der Waals surface area contributed by atoms with E-state index in [4.69, 9.17) is 13.9 Å². The van der Waals surface area contributed by atoms with E-state index in [9.17, 15) is 9.59 Å². The Bertz CT molecular complexity index is 1120. The van der Waals surface area contributed by atoms with Crippen LogP contribution in [0.25, 0.3) is 11.3 Å². The first kappa shape index (κ1) is 20.0. The molecule has 4 rings (SSSR count). The van der Waals surface area contributed by atoms with Gasteiger partial charge in [0, 0.05) is 17.3 Å². The molecule has 0 radical (unpaired) electrons. The summed E-state index contributed by atoms with van der Waals surface area (Å²) < 4.78 is 20.9. The number of carbonyl (C=O) groups excluding carboxylic acids is 2. The zero-order chi connectivity index (χ0) is 21.6. The fraction of sp³-hybridized carbons (Fsp3) is 0.136. The van der Waals surface area contributed by atoms with Gasteiger partial charge in [-0.05, 0) is 36.4 Å². The first-order chi connectivity index (χ1) is 15.1. The molecule has 2 N–H and O–H groups in total. The van der Waals surface area contributed by atoms with E-state index in [-0.39, 0.29) is 19.2 Å². The summed E-state index contributed by atoms with van der Waals surface area (Å²) in [6.07, 6.45) is 1.41. The molecule has 0 saturated heterocycles. The summed E-state index contributed by atoms with van der Waals surface area (Å²) >= 11 is 0. The van der Waals surface area contributed by atoms with Crippen LogP contribution in [0.15, 0.2) is 64.1 Å². The molecule has 31 heavy (non-hydrogen) atoms. The molecule has 3 aromatic rings. The Kier molecular flexibility index (Phi) is 5.84. The fourth-order valence-electron chi connectivity index (χ4n) is 2.86. The van der Waals surface area contributed by atoms with Gasteiger partial charge in [-0.25, -0.2) is 10.2 Å². The fourth-order valence-corrected chi connectivity index (χ4v) is 2.86. The summed E-state index contributed by atoms with van der Waals surface area (Å²) in [4.78, 5) is 23.5. The van der Waals surface area contributed by atoms with Crippen LogP contribution in [-0.2, 0) is 9.53 Å². The van der Waals surface area contributed by atoms with E-state index in [1.54, 1.807) is 54.6 Å². The van der Waals surface area contributed by atoms with Gasteiger partial charge in [0.05, 0.1) is 25.4 Å². The number of methoxy groups -OCH3 is 1. The molecule has 2 heterocycles. The van der Waals surface area contributed by atoms with Crippen LogP contribution in [0, 0.1) is 0 Å². The summed E-state index contributed by atoms with van der Waals surface area (Å²) in [6, 6.07) is 15.7. The molecule has 9 heteroatoms. The highest BCUT2D eigenvalue weighted by Crippen LogP contribution is 2.34. The van der Waals surface area contributed by atoms with Gasteiger partial charge in [-0.15, -0.1) is 0 Å². The van der Waals surface area contributed by atoms with Gasteiger partial charge in [0.1, 0.15) is 11.5 Å². The third kappa shape index (κ3) is 4.84. The molecule has 158 valence electrons. The summed E-state index contributed by atoms with van der Waals surface area (Å²) in [5.74, 6) is 1.67. The Morgan fingerprint density at radius 1 is 1.06 bits per heavy atom. The maximum absolute atomic E-state index is 12.0. The number of ether oxygens (including phenoxy) is 3. The van der Waals surface area contributed by atoms with Crippen molar-refractivity contribution in [1.82, 2.24) is 5.43 Å². The highest BCUT2D eigenvalue weighted by Gasteiger charge is 2.13. The lowest BCUT2D eigenvalue weighted by Gasteiger charge is -2.06. The van der Waals surface area contributed by atoms with Crippen LogP contribution in [0.1, 0.15) is 16.1 Å². The average Bonchev–Trinajstić information content (AvgIpc) is 3.46. The van der Waals surface area contributed by atoms with Gasteiger partial charge in [-0.1, -0.05) is 12.1 Å². The molecule has 0 atom stereocenters. The Hall–Kier alpha value is -4.27. The van der Waals surface area contributed by atoms with Crippen molar-refractivity contribution in [2.45, 2.75) is 0 Å². The molecule has 1 amide bonds. The topological polar surface area (TPSA) is 111 Å². The summed E-state index contributed by atoms with van der Waals surface area (Å²) in [6.45, 7) is 0.230. The number of nitrogens with one attached hydrogen (secondary N) is 2. The standard InChI is InChI=1S/C22H19N3O6/c1-28-22(27)15-4-2-14(3-5-15)18-9-7-17(31-18)11-24-25-21(26)12-23-16-6-8-19-20(10-16)30-13-29-19/h2-11,23H,12-13H2,1H3,(H,25,26)/b24-11-. The SMILES string of the molecule is COC(=O)c1ccc(-c2ccc(/C=N\NC(=O)CNc3ccc4c(c3)OCO4)o2)cc1. The maximum atomic E-state index is 12.0. The largest absolute Gasteiger partial charge is 0.465 e. The van der Waals surface area contributed by atoms with Crippen LogP contribution in [0.2, 0.25) is 0 Å². The highest BCUT2D eigenvalue weighted by atomic mass is 16.7. The number of rotatable bonds is 7. The molecule has 0 spiro atoms. The molecular weight excluding hydrogens is 402 g/mol. The van der Waals surface area contributed by atoms with Gasteiger partial charge in [-0.2, -0.15) is 5.10 Å². The van der Waals surface area contributed by atoms with Gasteiger partial charge in [0.25, 0.3) is 5.91 Å². The van der Waals surface area contributed by atoms with E-state index in [2.05, 4.69) is 20.6 Å². The van der Waals surface area contributed by atoms with Crippen LogP contribution in [-0.4, -0.2) is 38.5 Å². The smallest absolute Gasteiger partial charge is 0.337 e. The second-order valence-corrected chi connectivity index (χ2v) is 6.49. The summed E-state index contributed by atoms with van der Waals surface area (Å²) in [7, 11) is 1.33. The minimum atomic E-state index is -0.400.